The lowest BCUT2D eigenvalue weighted by Gasteiger charge is -2.33. The molecule has 0 saturated carbocycles. The van der Waals surface area contributed by atoms with Crippen LogP contribution in [0.2, 0.25) is 0 Å². The maximum absolute atomic E-state index is 11.2. The first-order valence-corrected chi connectivity index (χ1v) is 6.18. The lowest BCUT2D eigenvalue weighted by molar-refractivity contribution is -0.141. The van der Waals surface area contributed by atoms with E-state index in [1.54, 1.807) is 14.0 Å². The van der Waals surface area contributed by atoms with Crippen molar-refractivity contribution in [2.45, 2.75) is 50.9 Å². The number of carbonyl (C=O) groups is 1. The predicted molar refractivity (Wildman–Crippen MR) is 64.5 cm³/mol. The summed E-state index contributed by atoms with van der Waals surface area (Å²) in [5, 5.41) is 9.24. The Bertz CT molecular complexity index is 216. The van der Waals surface area contributed by atoms with Crippen molar-refractivity contribution in [2.75, 3.05) is 12.9 Å². The minimum Gasteiger partial charge on any atom is -0.480 e. The number of thioether (sulfide) groups is 1. The Kier molecular flexibility index (Phi) is 5.67. The summed E-state index contributed by atoms with van der Waals surface area (Å²) in [6.07, 6.45) is 1.50. The van der Waals surface area contributed by atoms with E-state index in [9.17, 15) is 9.90 Å². The average molecular weight is 234 g/mol. The van der Waals surface area contributed by atoms with Gasteiger partial charge in [-0.3, -0.25) is 4.79 Å². The number of ether oxygens (including phenoxy) is 1. The maximum Gasteiger partial charge on any atom is 0.319 e. The second-order valence-electron chi connectivity index (χ2n) is 4.53. The Morgan fingerprint density at radius 3 is 2.27 bits per heavy atom. The van der Waals surface area contributed by atoms with Gasteiger partial charge in [-0.15, -0.1) is 11.8 Å². The van der Waals surface area contributed by atoms with Crippen LogP contribution in [0.4, 0.5) is 0 Å². The van der Waals surface area contributed by atoms with Gasteiger partial charge in [0.1, 0.15) is 4.75 Å². The van der Waals surface area contributed by atoms with Crippen molar-refractivity contribution in [1.82, 2.24) is 0 Å². The lowest BCUT2D eigenvalue weighted by Crippen LogP contribution is -2.40. The van der Waals surface area contributed by atoms with Crippen LogP contribution in [-0.2, 0) is 9.53 Å². The molecule has 15 heavy (non-hydrogen) atoms. The molecule has 0 saturated heterocycles. The van der Waals surface area contributed by atoms with Crippen LogP contribution in [0.5, 0.6) is 0 Å². The first kappa shape index (κ1) is 14.8. The standard InChI is InChI=1S/C11H22O3S/c1-6-7-15-11(4,9(12)13)8-10(2,3)14-5/h6-8H2,1-5H3,(H,12,13). The van der Waals surface area contributed by atoms with Crippen LogP contribution in [0.1, 0.15) is 40.5 Å². The van der Waals surface area contributed by atoms with Crippen molar-refractivity contribution < 1.29 is 14.6 Å². The molecule has 0 aromatic heterocycles. The minimum absolute atomic E-state index is 0.395. The van der Waals surface area contributed by atoms with Gasteiger partial charge in [0.15, 0.2) is 0 Å². The number of carboxylic acid groups (broad SMARTS) is 1. The summed E-state index contributed by atoms with van der Waals surface area (Å²) in [5.74, 6) is 0.105. The molecule has 3 nitrogen and oxygen atoms in total. The molecule has 0 aromatic rings. The molecule has 0 aliphatic carbocycles. The van der Waals surface area contributed by atoms with Crippen molar-refractivity contribution in [1.29, 1.82) is 0 Å². The van der Waals surface area contributed by atoms with Crippen molar-refractivity contribution in [3.8, 4) is 0 Å². The molecule has 0 amide bonds. The zero-order valence-electron chi connectivity index (χ0n) is 10.3. The van der Waals surface area contributed by atoms with Crippen LogP contribution in [0.25, 0.3) is 0 Å². The Morgan fingerprint density at radius 2 is 1.93 bits per heavy atom. The van der Waals surface area contributed by atoms with Crippen molar-refractivity contribution >= 4 is 17.7 Å². The molecular weight excluding hydrogens is 212 g/mol. The highest BCUT2D eigenvalue weighted by molar-refractivity contribution is 8.01. The van der Waals surface area contributed by atoms with Crippen LogP contribution < -0.4 is 0 Å². The summed E-state index contributed by atoms with van der Waals surface area (Å²) < 4.78 is 4.53. The van der Waals surface area contributed by atoms with Crippen molar-refractivity contribution in [2.24, 2.45) is 0 Å². The minimum atomic E-state index is -0.758. The van der Waals surface area contributed by atoms with Gasteiger partial charge < -0.3 is 9.84 Å². The molecule has 1 N–H and O–H groups in total. The first-order valence-electron chi connectivity index (χ1n) is 5.20. The largest absolute Gasteiger partial charge is 0.480 e. The van der Waals surface area contributed by atoms with Gasteiger partial charge in [-0.25, -0.2) is 0 Å². The fraction of sp³-hybridized carbons (Fsp3) is 0.909. The molecule has 0 aromatic carbocycles. The Labute approximate surface area is 96.6 Å². The summed E-state index contributed by atoms with van der Waals surface area (Å²) >= 11 is 1.49. The fourth-order valence-corrected chi connectivity index (χ4v) is 2.63. The Hall–Kier alpha value is -0.220. The molecular formula is C11H22O3S. The van der Waals surface area contributed by atoms with Crippen LogP contribution >= 0.6 is 11.8 Å². The average Bonchev–Trinajstić information content (AvgIpc) is 2.14. The number of hydrogen-bond donors (Lipinski definition) is 1. The van der Waals surface area contributed by atoms with Gasteiger partial charge in [-0.1, -0.05) is 6.92 Å². The number of hydrogen-bond acceptors (Lipinski definition) is 3. The third kappa shape index (κ3) is 4.89. The van der Waals surface area contributed by atoms with E-state index in [1.807, 2.05) is 13.8 Å². The molecule has 90 valence electrons. The normalized spacial score (nSPS) is 16.1. The SMILES string of the molecule is CCCSC(C)(CC(C)(C)OC)C(=O)O. The highest BCUT2D eigenvalue weighted by atomic mass is 32.2. The molecule has 0 aliphatic heterocycles. The molecule has 1 atom stereocenters. The second-order valence-corrected chi connectivity index (χ2v) is 6.12. The molecule has 1 unspecified atom stereocenters. The van der Waals surface area contributed by atoms with Crippen LogP contribution in [0.15, 0.2) is 0 Å². The number of rotatable bonds is 7. The molecule has 0 rings (SSSR count). The highest BCUT2D eigenvalue weighted by Gasteiger charge is 2.39. The fourth-order valence-electron chi connectivity index (χ4n) is 1.40. The smallest absolute Gasteiger partial charge is 0.319 e. The van der Waals surface area contributed by atoms with E-state index in [4.69, 9.17) is 4.74 Å². The zero-order valence-corrected chi connectivity index (χ0v) is 11.1. The number of carboxylic acids is 1. The molecule has 4 heteroatoms. The Balaban J connectivity index is 4.58. The topological polar surface area (TPSA) is 46.5 Å². The monoisotopic (exact) mass is 234 g/mol. The van der Waals surface area contributed by atoms with Crippen LogP contribution in [0.3, 0.4) is 0 Å². The zero-order chi connectivity index (χ0) is 12.1. The molecule has 0 fully saturated rings. The van der Waals surface area contributed by atoms with Crippen molar-refractivity contribution in [3.05, 3.63) is 0 Å². The quantitative estimate of drug-likeness (QED) is 0.736. The summed E-state index contributed by atoms with van der Waals surface area (Å²) in [6, 6.07) is 0. The van der Waals surface area contributed by atoms with E-state index in [-0.39, 0.29) is 0 Å². The third-order valence-electron chi connectivity index (χ3n) is 2.39. The van der Waals surface area contributed by atoms with Gasteiger partial charge in [0.05, 0.1) is 5.60 Å². The second kappa shape index (κ2) is 5.75. The highest BCUT2D eigenvalue weighted by Crippen LogP contribution is 2.35. The first-order chi connectivity index (χ1) is 6.77. The molecule has 0 bridgehead atoms. The van der Waals surface area contributed by atoms with Gasteiger partial charge in [0, 0.05) is 13.5 Å². The van der Waals surface area contributed by atoms with Gasteiger partial charge in [-0.2, -0.15) is 0 Å². The Morgan fingerprint density at radius 1 is 1.40 bits per heavy atom. The van der Waals surface area contributed by atoms with Gasteiger partial charge in [0.2, 0.25) is 0 Å². The van der Waals surface area contributed by atoms with Crippen LogP contribution in [0, 0.1) is 0 Å². The van der Waals surface area contributed by atoms with Gasteiger partial charge in [-0.05, 0) is 32.9 Å². The van der Waals surface area contributed by atoms with Crippen LogP contribution in [-0.4, -0.2) is 34.3 Å². The van der Waals surface area contributed by atoms with E-state index < -0.39 is 16.3 Å². The van der Waals surface area contributed by atoms with E-state index in [2.05, 4.69) is 6.92 Å². The third-order valence-corrected chi connectivity index (χ3v) is 3.96. The van der Waals surface area contributed by atoms with E-state index in [0.717, 1.165) is 12.2 Å². The molecule has 0 spiro atoms. The number of aliphatic carboxylic acids is 1. The molecule has 0 heterocycles. The summed E-state index contributed by atoms with van der Waals surface area (Å²) in [6.45, 7) is 7.66. The number of methoxy groups -OCH3 is 1. The molecule has 0 aliphatic rings. The lowest BCUT2D eigenvalue weighted by atomic mass is 9.94. The van der Waals surface area contributed by atoms with Gasteiger partial charge in [0.25, 0.3) is 0 Å². The van der Waals surface area contributed by atoms with E-state index >= 15 is 0 Å². The van der Waals surface area contributed by atoms with Gasteiger partial charge >= 0.3 is 5.97 Å². The van der Waals surface area contributed by atoms with E-state index in [0.29, 0.717) is 6.42 Å². The summed E-state index contributed by atoms with van der Waals surface area (Å²) in [4.78, 5) is 11.2. The summed E-state index contributed by atoms with van der Waals surface area (Å²) in [5.41, 5.74) is -0.395. The molecule has 0 radical (unpaired) electrons. The van der Waals surface area contributed by atoms with E-state index in [1.165, 1.54) is 11.8 Å². The maximum atomic E-state index is 11.2. The van der Waals surface area contributed by atoms with Crippen molar-refractivity contribution in [3.63, 3.8) is 0 Å². The predicted octanol–water partition coefficient (Wildman–Crippen LogP) is 2.79. The summed E-state index contributed by atoms with van der Waals surface area (Å²) in [7, 11) is 1.62.